The fraction of sp³-hybridized carbons (Fsp3) is 0.125. The normalized spacial score (nSPS) is 10.3. The minimum atomic E-state index is -0.433. The number of primary amides is 1. The number of hydrogen-bond donors (Lipinski definition) is 3. The SMILES string of the molecule is NC(=O)Cc1cccc(C(=S)c2ccc(CO)cc2)c1N. The quantitative estimate of drug-likeness (QED) is 0.444. The average molecular weight is 300 g/mol. The summed E-state index contributed by atoms with van der Waals surface area (Å²) < 4.78 is 0. The Labute approximate surface area is 128 Å². The van der Waals surface area contributed by atoms with Crippen LogP contribution in [0.15, 0.2) is 42.5 Å². The van der Waals surface area contributed by atoms with E-state index in [0.29, 0.717) is 21.7 Å². The summed E-state index contributed by atoms with van der Waals surface area (Å²) in [4.78, 5) is 11.7. The number of amides is 1. The fourth-order valence-corrected chi connectivity index (χ4v) is 2.38. The zero-order chi connectivity index (χ0) is 15.4. The van der Waals surface area contributed by atoms with Gasteiger partial charge in [0.15, 0.2) is 0 Å². The van der Waals surface area contributed by atoms with Crippen LogP contribution in [-0.2, 0) is 17.8 Å². The van der Waals surface area contributed by atoms with Gasteiger partial charge in [0.25, 0.3) is 0 Å². The molecule has 0 spiro atoms. The predicted octanol–water partition coefficient (Wildman–Crippen LogP) is 1.56. The number of thiocarbonyl (C=S) groups is 1. The first kappa shape index (κ1) is 15.2. The third kappa shape index (κ3) is 3.45. The molecule has 4 nitrogen and oxygen atoms in total. The number of rotatable bonds is 5. The highest BCUT2D eigenvalue weighted by molar-refractivity contribution is 7.81. The summed E-state index contributed by atoms with van der Waals surface area (Å²) in [7, 11) is 0. The molecule has 0 radical (unpaired) electrons. The van der Waals surface area contributed by atoms with Crippen LogP contribution in [0.4, 0.5) is 5.69 Å². The van der Waals surface area contributed by atoms with Crippen molar-refractivity contribution in [3.05, 3.63) is 64.7 Å². The number of carbonyl (C=O) groups excluding carboxylic acids is 1. The van der Waals surface area contributed by atoms with Crippen molar-refractivity contribution in [1.29, 1.82) is 0 Å². The second-order valence-electron chi connectivity index (χ2n) is 4.71. The molecule has 5 heteroatoms. The van der Waals surface area contributed by atoms with E-state index in [4.69, 9.17) is 28.8 Å². The van der Waals surface area contributed by atoms with E-state index in [2.05, 4.69) is 0 Å². The maximum atomic E-state index is 11.1. The zero-order valence-corrected chi connectivity index (χ0v) is 12.2. The van der Waals surface area contributed by atoms with Gasteiger partial charge in [-0.1, -0.05) is 54.7 Å². The average Bonchev–Trinajstić information content (AvgIpc) is 2.48. The van der Waals surface area contributed by atoms with Gasteiger partial charge in [-0.05, 0) is 16.7 Å². The number of hydrogen-bond acceptors (Lipinski definition) is 4. The van der Waals surface area contributed by atoms with Crippen LogP contribution in [0.25, 0.3) is 0 Å². The Bertz CT molecular complexity index is 681. The number of benzene rings is 2. The van der Waals surface area contributed by atoms with E-state index in [1.807, 2.05) is 30.3 Å². The Morgan fingerprint density at radius 2 is 1.81 bits per heavy atom. The molecule has 5 N–H and O–H groups in total. The number of carbonyl (C=O) groups is 1. The van der Waals surface area contributed by atoms with E-state index in [-0.39, 0.29) is 13.0 Å². The molecule has 2 rings (SSSR count). The van der Waals surface area contributed by atoms with Gasteiger partial charge >= 0.3 is 0 Å². The van der Waals surface area contributed by atoms with Crippen molar-refractivity contribution >= 4 is 28.7 Å². The van der Waals surface area contributed by atoms with Crippen molar-refractivity contribution in [2.24, 2.45) is 5.73 Å². The summed E-state index contributed by atoms with van der Waals surface area (Å²) in [5, 5.41) is 9.05. The van der Waals surface area contributed by atoms with Crippen molar-refractivity contribution in [1.82, 2.24) is 0 Å². The second kappa shape index (κ2) is 6.47. The van der Waals surface area contributed by atoms with Gasteiger partial charge in [-0.15, -0.1) is 0 Å². The Balaban J connectivity index is 2.36. The molecule has 0 heterocycles. The molecule has 0 saturated carbocycles. The first-order chi connectivity index (χ1) is 10.0. The van der Waals surface area contributed by atoms with Crippen LogP contribution in [0, 0.1) is 0 Å². The molecule has 0 fully saturated rings. The Morgan fingerprint density at radius 3 is 2.38 bits per heavy atom. The molecular formula is C16H16N2O2S. The number of nitrogen functional groups attached to an aromatic ring is 1. The van der Waals surface area contributed by atoms with Crippen LogP contribution in [-0.4, -0.2) is 15.9 Å². The van der Waals surface area contributed by atoms with Crippen molar-refractivity contribution < 1.29 is 9.90 Å². The van der Waals surface area contributed by atoms with Crippen LogP contribution in [0.3, 0.4) is 0 Å². The number of para-hydroxylation sites is 1. The van der Waals surface area contributed by atoms with E-state index in [9.17, 15) is 4.79 Å². The highest BCUT2D eigenvalue weighted by Gasteiger charge is 2.12. The summed E-state index contributed by atoms with van der Waals surface area (Å²) in [6.07, 6.45) is 0.0890. The number of anilines is 1. The second-order valence-corrected chi connectivity index (χ2v) is 5.11. The van der Waals surface area contributed by atoms with E-state index >= 15 is 0 Å². The molecule has 0 saturated heterocycles. The zero-order valence-electron chi connectivity index (χ0n) is 11.4. The Morgan fingerprint density at radius 1 is 1.14 bits per heavy atom. The molecule has 0 aliphatic carbocycles. The van der Waals surface area contributed by atoms with E-state index in [0.717, 1.165) is 11.1 Å². The van der Waals surface area contributed by atoms with Crippen molar-refractivity contribution in [3.8, 4) is 0 Å². The standard InChI is InChI=1S/C16H16N2O2S/c17-14(20)8-12-2-1-3-13(15(12)18)16(21)11-6-4-10(9-19)5-7-11/h1-7,19H,8-9,18H2,(H2,17,20). The Hall–Kier alpha value is -2.24. The van der Waals surface area contributed by atoms with Gasteiger partial charge in [-0.25, -0.2) is 0 Å². The Kier molecular flexibility index (Phi) is 4.67. The van der Waals surface area contributed by atoms with Gasteiger partial charge < -0.3 is 16.6 Å². The van der Waals surface area contributed by atoms with E-state index in [1.54, 1.807) is 12.1 Å². The molecule has 108 valence electrons. The monoisotopic (exact) mass is 300 g/mol. The minimum absolute atomic E-state index is 0.0106. The molecule has 0 aliphatic heterocycles. The number of aliphatic hydroxyl groups is 1. The smallest absolute Gasteiger partial charge is 0.221 e. The molecule has 0 atom stereocenters. The molecule has 2 aromatic carbocycles. The van der Waals surface area contributed by atoms with Crippen molar-refractivity contribution in [2.75, 3.05) is 5.73 Å². The summed E-state index contributed by atoms with van der Waals surface area (Å²) in [6, 6.07) is 12.7. The van der Waals surface area contributed by atoms with Crippen LogP contribution in [0.2, 0.25) is 0 Å². The van der Waals surface area contributed by atoms with Crippen LogP contribution in [0.5, 0.6) is 0 Å². The van der Waals surface area contributed by atoms with Crippen LogP contribution >= 0.6 is 12.2 Å². The van der Waals surface area contributed by atoms with Gasteiger partial charge in [0.05, 0.1) is 17.9 Å². The predicted molar refractivity (Wildman–Crippen MR) is 86.9 cm³/mol. The molecular weight excluding hydrogens is 284 g/mol. The molecule has 0 unspecified atom stereocenters. The highest BCUT2D eigenvalue weighted by Crippen LogP contribution is 2.22. The maximum absolute atomic E-state index is 11.1. The molecule has 0 bridgehead atoms. The fourth-order valence-electron chi connectivity index (χ4n) is 2.07. The van der Waals surface area contributed by atoms with Crippen LogP contribution < -0.4 is 11.5 Å². The lowest BCUT2D eigenvalue weighted by Gasteiger charge is -2.11. The lowest BCUT2D eigenvalue weighted by molar-refractivity contribution is -0.117. The maximum Gasteiger partial charge on any atom is 0.221 e. The lowest BCUT2D eigenvalue weighted by atomic mass is 9.98. The van der Waals surface area contributed by atoms with E-state index < -0.39 is 5.91 Å². The highest BCUT2D eigenvalue weighted by atomic mass is 32.1. The van der Waals surface area contributed by atoms with Gasteiger partial charge in [-0.2, -0.15) is 0 Å². The summed E-state index contributed by atoms with van der Waals surface area (Å²) in [5.41, 5.74) is 14.8. The van der Waals surface area contributed by atoms with Gasteiger partial charge in [0, 0.05) is 11.3 Å². The molecule has 2 aromatic rings. The van der Waals surface area contributed by atoms with Crippen LogP contribution in [0.1, 0.15) is 22.3 Å². The van der Waals surface area contributed by atoms with Gasteiger partial charge in [0.2, 0.25) is 5.91 Å². The topological polar surface area (TPSA) is 89.3 Å². The van der Waals surface area contributed by atoms with Gasteiger partial charge in [-0.3, -0.25) is 4.79 Å². The summed E-state index contributed by atoms with van der Waals surface area (Å²) in [5.74, 6) is -0.433. The van der Waals surface area contributed by atoms with Gasteiger partial charge in [0.1, 0.15) is 0 Å². The van der Waals surface area contributed by atoms with Crippen molar-refractivity contribution in [2.45, 2.75) is 13.0 Å². The summed E-state index contributed by atoms with van der Waals surface area (Å²) >= 11 is 5.47. The first-order valence-electron chi connectivity index (χ1n) is 6.43. The first-order valence-corrected chi connectivity index (χ1v) is 6.84. The lowest BCUT2D eigenvalue weighted by Crippen LogP contribution is -2.16. The molecule has 0 aromatic heterocycles. The number of aliphatic hydroxyl groups excluding tert-OH is 1. The third-order valence-corrected chi connectivity index (χ3v) is 3.66. The van der Waals surface area contributed by atoms with E-state index in [1.165, 1.54) is 0 Å². The summed E-state index contributed by atoms with van der Waals surface area (Å²) in [6.45, 7) is -0.0106. The van der Waals surface area contributed by atoms with Crippen molar-refractivity contribution in [3.63, 3.8) is 0 Å². The molecule has 0 aliphatic rings. The third-order valence-electron chi connectivity index (χ3n) is 3.20. The largest absolute Gasteiger partial charge is 0.398 e. The molecule has 1 amide bonds. The minimum Gasteiger partial charge on any atom is -0.398 e. The molecule has 21 heavy (non-hydrogen) atoms. The number of nitrogens with two attached hydrogens (primary N) is 2.